The van der Waals surface area contributed by atoms with Crippen LogP contribution in [0.25, 0.3) is 0 Å². The van der Waals surface area contributed by atoms with E-state index in [-0.39, 0.29) is 18.2 Å². The lowest BCUT2D eigenvalue weighted by atomic mass is 9.99. The van der Waals surface area contributed by atoms with Gasteiger partial charge in [-0.25, -0.2) is 0 Å². The Kier molecular flexibility index (Phi) is 7.25. The summed E-state index contributed by atoms with van der Waals surface area (Å²) in [6, 6.07) is 18.3. The van der Waals surface area contributed by atoms with E-state index in [0.29, 0.717) is 29.4 Å². The Hall–Kier alpha value is -4.00. The van der Waals surface area contributed by atoms with Gasteiger partial charge in [-0.05, 0) is 47.4 Å². The van der Waals surface area contributed by atoms with E-state index in [1.54, 1.807) is 31.3 Å². The molecule has 4 rings (SSSR count). The molecule has 3 aromatic carbocycles. The minimum atomic E-state index is -0.544. The van der Waals surface area contributed by atoms with Gasteiger partial charge in [-0.2, -0.15) is 0 Å². The number of nitrogens with one attached hydrogen (secondary N) is 1. The summed E-state index contributed by atoms with van der Waals surface area (Å²) < 4.78 is 16.6. The molecule has 1 aliphatic heterocycles. The topological polar surface area (TPSA) is 77.1 Å². The average Bonchev–Trinajstić information content (AvgIpc) is 3.22. The normalized spacial score (nSPS) is 13.3. The first kappa shape index (κ1) is 24.1. The van der Waals surface area contributed by atoms with Crippen molar-refractivity contribution in [1.29, 1.82) is 0 Å². The molecule has 0 radical (unpaired) electrons. The lowest BCUT2D eigenvalue weighted by Gasteiger charge is -2.29. The van der Waals surface area contributed by atoms with E-state index in [2.05, 4.69) is 5.32 Å². The van der Waals surface area contributed by atoms with Gasteiger partial charge < -0.3 is 24.4 Å². The third-order valence-corrected chi connectivity index (χ3v) is 6.35. The molecular weight excluding hydrogens is 444 g/mol. The van der Waals surface area contributed by atoms with Gasteiger partial charge in [0.2, 0.25) is 11.7 Å². The average molecular weight is 475 g/mol. The highest BCUT2D eigenvalue weighted by Crippen LogP contribution is 2.43. The zero-order chi connectivity index (χ0) is 24.9. The van der Waals surface area contributed by atoms with Gasteiger partial charge >= 0.3 is 0 Å². The van der Waals surface area contributed by atoms with Crippen molar-refractivity contribution in [2.24, 2.45) is 0 Å². The van der Waals surface area contributed by atoms with Gasteiger partial charge in [0.1, 0.15) is 0 Å². The summed E-state index contributed by atoms with van der Waals surface area (Å²) >= 11 is 0. The van der Waals surface area contributed by atoms with E-state index in [0.717, 1.165) is 28.8 Å². The van der Waals surface area contributed by atoms with Gasteiger partial charge in [-0.15, -0.1) is 0 Å². The molecule has 182 valence electrons. The fraction of sp³-hybridized carbons (Fsp3) is 0.286. The van der Waals surface area contributed by atoms with Crippen LogP contribution in [-0.4, -0.2) is 38.0 Å². The number of fused-ring (bicyclic) bond motifs is 1. The highest BCUT2D eigenvalue weighted by molar-refractivity contribution is 5.99. The zero-order valence-corrected chi connectivity index (χ0v) is 20.5. The van der Waals surface area contributed by atoms with E-state index in [9.17, 15) is 9.59 Å². The number of nitrogens with zero attached hydrogens (tertiary/aromatic N) is 1. The number of methoxy groups -OCH3 is 3. The van der Waals surface area contributed by atoms with Gasteiger partial charge in [0.15, 0.2) is 11.5 Å². The summed E-state index contributed by atoms with van der Waals surface area (Å²) in [5.41, 5.74) is 4.14. The molecule has 0 fully saturated rings. The predicted octanol–water partition coefficient (Wildman–Crippen LogP) is 5.00. The van der Waals surface area contributed by atoms with Gasteiger partial charge in [0, 0.05) is 17.8 Å². The van der Waals surface area contributed by atoms with Crippen molar-refractivity contribution in [1.82, 2.24) is 4.90 Å². The summed E-state index contributed by atoms with van der Waals surface area (Å²) in [6.45, 7) is 2.46. The largest absolute Gasteiger partial charge is 0.493 e. The zero-order valence-electron chi connectivity index (χ0n) is 20.5. The van der Waals surface area contributed by atoms with Crippen LogP contribution in [0.1, 0.15) is 46.4 Å². The number of anilines is 1. The Morgan fingerprint density at radius 1 is 0.971 bits per heavy atom. The van der Waals surface area contributed by atoms with Crippen molar-refractivity contribution >= 4 is 17.5 Å². The summed E-state index contributed by atoms with van der Waals surface area (Å²) in [5.74, 6) is 1.09. The molecule has 35 heavy (non-hydrogen) atoms. The second-order valence-corrected chi connectivity index (χ2v) is 8.33. The van der Waals surface area contributed by atoms with Crippen LogP contribution in [0.15, 0.2) is 60.7 Å². The smallest absolute Gasteiger partial charge is 0.255 e. The molecule has 0 saturated carbocycles. The Balaban J connectivity index is 1.72. The van der Waals surface area contributed by atoms with Gasteiger partial charge in [-0.3, -0.25) is 9.59 Å². The molecule has 1 atom stereocenters. The van der Waals surface area contributed by atoms with Crippen LogP contribution in [0.5, 0.6) is 17.2 Å². The Morgan fingerprint density at radius 3 is 2.26 bits per heavy atom. The highest BCUT2D eigenvalue weighted by Gasteiger charge is 2.35. The maximum Gasteiger partial charge on any atom is 0.255 e. The van der Waals surface area contributed by atoms with E-state index >= 15 is 0 Å². The first-order chi connectivity index (χ1) is 17.0. The molecule has 0 aliphatic carbocycles. The van der Waals surface area contributed by atoms with Crippen LogP contribution in [-0.2, 0) is 17.8 Å². The number of para-hydroxylation sites is 1. The molecule has 3 aromatic rings. The number of aryl methyl sites for hydroxylation is 1. The van der Waals surface area contributed by atoms with Crippen LogP contribution < -0.4 is 19.5 Å². The first-order valence-corrected chi connectivity index (χ1v) is 11.6. The molecule has 2 amide bonds. The Bertz CT molecular complexity index is 1210. The van der Waals surface area contributed by atoms with Crippen molar-refractivity contribution in [2.75, 3.05) is 26.6 Å². The lowest BCUT2D eigenvalue weighted by molar-refractivity contribution is -0.117. The van der Waals surface area contributed by atoms with E-state index < -0.39 is 6.04 Å². The summed E-state index contributed by atoms with van der Waals surface area (Å²) in [7, 11) is 4.62. The van der Waals surface area contributed by atoms with E-state index in [1.165, 1.54) is 7.11 Å². The highest BCUT2D eigenvalue weighted by atomic mass is 16.5. The molecule has 7 heteroatoms. The monoisotopic (exact) mass is 474 g/mol. The Labute approximate surface area is 205 Å². The molecule has 0 aromatic heterocycles. The molecule has 1 N–H and O–H groups in total. The van der Waals surface area contributed by atoms with Crippen LogP contribution in [0.2, 0.25) is 0 Å². The van der Waals surface area contributed by atoms with Gasteiger partial charge in [0.25, 0.3) is 5.91 Å². The maximum absolute atomic E-state index is 13.4. The van der Waals surface area contributed by atoms with Crippen molar-refractivity contribution in [2.45, 2.75) is 32.4 Å². The number of hydrogen-bond acceptors (Lipinski definition) is 5. The fourth-order valence-electron chi connectivity index (χ4n) is 4.56. The number of ether oxygens (including phenoxy) is 3. The molecule has 0 spiro atoms. The second kappa shape index (κ2) is 10.5. The number of amides is 2. The van der Waals surface area contributed by atoms with Crippen molar-refractivity contribution < 1.29 is 23.8 Å². The molecular formula is C28H30N2O5. The van der Waals surface area contributed by atoms with E-state index in [1.807, 2.05) is 55.5 Å². The van der Waals surface area contributed by atoms with Crippen LogP contribution in [0.3, 0.4) is 0 Å². The van der Waals surface area contributed by atoms with Crippen LogP contribution in [0.4, 0.5) is 5.69 Å². The lowest BCUT2D eigenvalue weighted by Crippen LogP contribution is -2.32. The minimum absolute atomic E-state index is 0.0659. The third-order valence-electron chi connectivity index (χ3n) is 6.35. The quantitative estimate of drug-likeness (QED) is 0.472. The summed E-state index contributed by atoms with van der Waals surface area (Å²) in [6.07, 6.45) is 0.864. The number of rotatable bonds is 9. The number of carbonyl (C=O) groups is 2. The predicted molar refractivity (Wildman–Crippen MR) is 134 cm³/mol. The minimum Gasteiger partial charge on any atom is -0.493 e. The van der Waals surface area contributed by atoms with Crippen molar-refractivity contribution in [3.8, 4) is 17.2 Å². The standard InChI is InChI=1S/C28H30N2O5/c1-5-18-10-7-9-13-22(18)29-26(31)16-23(30-17-19-11-6-8-12-21(19)28(30)32)20-14-24(33-2)27(35-4)25(15-20)34-3/h6-15,23H,5,16-17H2,1-4H3,(H,29,31). The van der Waals surface area contributed by atoms with Crippen molar-refractivity contribution in [3.05, 3.63) is 82.9 Å². The summed E-state index contributed by atoms with van der Waals surface area (Å²) in [5, 5.41) is 3.04. The van der Waals surface area contributed by atoms with Gasteiger partial charge in [-0.1, -0.05) is 43.3 Å². The number of carbonyl (C=O) groups excluding carboxylic acids is 2. The van der Waals surface area contributed by atoms with Crippen LogP contribution >= 0.6 is 0 Å². The first-order valence-electron chi connectivity index (χ1n) is 11.6. The maximum atomic E-state index is 13.4. The molecule has 1 unspecified atom stereocenters. The number of benzene rings is 3. The number of hydrogen-bond donors (Lipinski definition) is 1. The molecule has 1 aliphatic rings. The SMILES string of the molecule is CCc1ccccc1NC(=O)CC(c1cc(OC)c(OC)c(OC)c1)N1Cc2ccccc2C1=O. The van der Waals surface area contributed by atoms with Crippen molar-refractivity contribution in [3.63, 3.8) is 0 Å². The molecule has 0 saturated heterocycles. The second-order valence-electron chi connectivity index (χ2n) is 8.33. The van der Waals surface area contributed by atoms with Crippen LogP contribution in [0, 0.1) is 0 Å². The summed E-state index contributed by atoms with van der Waals surface area (Å²) in [4.78, 5) is 28.4. The third kappa shape index (κ3) is 4.80. The van der Waals surface area contributed by atoms with Gasteiger partial charge in [0.05, 0.1) is 33.8 Å². The Morgan fingerprint density at radius 2 is 1.63 bits per heavy atom. The van der Waals surface area contributed by atoms with E-state index in [4.69, 9.17) is 14.2 Å². The molecule has 0 bridgehead atoms. The molecule has 7 nitrogen and oxygen atoms in total. The fourth-order valence-corrected chi connectivity index (χ4v) is 4.56. The molecule has 1 heterocycles.